The Morgan fingerprint density at radius 2 is 1.74 bits per heavy atom. The van der Waals surface area contributed by atoms with Crippen LogP contribution in [0.25, 0.3) is 22.8 Å². The van der Waals surface area contributed by atoms with Gasteiger partial charge in [-0.25, -0.2) is 9.37 Å². The Morgan fingerprint density at radius 3 is 2.47 bits per heavy atom. The summed E-state index contributed by atoms with van der Waals surface area (Å²) in [6, 6.07) is 13.6. The molecule has 0 aliphatic rings. The fraction of sp³-hybridized carbons (Fsp3) is 0. The minimum atomic E-state index is -0.331. The highest BCUT2D eigenvalue weighted by molar-refractivity contribution is 5.62. The van der Waals surface area contributed by atoms with Gasteiger partial charge in [-0.15, -0.1) is 0 Å². The maximum absolute atomic E-state index is 13.6. The SMILES string of the molecule is Nc1ccc(-c2ncc(-c3ccccc3F)o2)cc1. The molecule has 0 bridgehead atoms. The van der Waals surface area contributed by atoms with E-state index in [9.17, 15) is 4.39 Å². The smallest absolute Gasteiger partial charge is 0.226 e. The van der Waals surface area contributed by atoms with Crippen molar-refractivity contribution in [2.24, 2.45) is 0 Å². The van der Waals surface area contributed by atoms with Crippen molar-refractivity contribution in [1.29, 1.82) is 0 Å². The van der Waals surface area contributed by atoms with Gasteiger partial charge in [0.1, 0.15) is 5.82 Å². The topological polar surface area (TPSA) is 52.0 Å². The van der Waals surface area contributed by atoms with Crippen molar-refractivity contribution >= 4 is 5.69 Å². The predicted molar refractivity (Wildman–Crippen MR) is 71.7 cm³/mol. The highest BCUT2D eigenvalue weighted by atomic mass is 19.1. The number of oxazole rings is 1. The summed E-state index contributed by atoms with van der Waals surface area (Å²) in [6.07, 6.45) is 1.52. The number of nitrogens with zero attached hydrogens (tertiary/aromatic N) is 1. The Hall–Kier alpha value is -2.62. The Morgan fingerprint density at radius 1 is 1.00 bits per heavy atom. The molecule has 1 heterocycles. The first-order valence-electron chi connectivity index (χ1n) is 5.81. The number of hydrogen-bond acceptors (Lipinski definition) is 3. The molecule has 4 heteroatoms. The van der Waals surface area contributed by atoms with Gasteiger partial charge in [-0.05, 0) is 36.4 Å². The number of benzene rings is 2. The number of rotatable bonds is 2. The quantitative estimate of drug-likeness (QED) is 0.709. The van der Waals surface area contributed by atoms with Crippen molar-refractivity contribution in [3.8, 4) is 22.8 Å². The molecule has 94 valence electrons. The molecule has 2 aromatic carbocycles. The maximum atomic E-state index is 13.6. The molecular weight excluding hydrogens is 243 g/mol. The van der Waals surface area contributed by atoms with Gasteiger partial charge < -0.3 is 10.2 Å². The molecule has 0 aliphatic heterocycles. The van der Waals surface area contributed by atoms with Gasteiger partial charge in [-0.3, -0.25) is 0 Å². The third-order valence-corrected chi connectivity index (χ3v) is 2.80. The van der Waals surface area contributed by atoms with Gasteiger partial charge in [0.2, 0.25) is 5.89 Å². The Kier molecular flexibility index (Phi) is 2.76. The molecule has 3 aromatic rings. The Bertz CT molecular complexity index is 704. The second kappa shape index (κ2) is 4.57. The summed E-state index contributed by atoms with van der Waals surface area (Å²) < 4.78 is 19.2. The van der Waals surface area contributed by atoms with Gasteiger partial charge in [0.15, 0.2) is 5.76 Å². The molecular formula is C15H11FN2O. The van der Waals surface area contributed by atoms with Crippen molar-refractivity contribution in [3.05, 3.63) is 60.5 Å². The zero-order valence-electron chi connectivity index (χ0n) is 10.0. The number of anilines is 1. The normalized spacial score (nSPS) is 10.6. The molecule has 19 heavy (non-hydrogen) atoms. The largest absolute Gasteiger partial charge is 0.436 e. The van der Waals surface area contributed by atoms with E-state index in [1.165, 1.54) is 12.3 Å². The molecule has 0 aliphatic carbocycles. The monoisotopic (exact) mass is 254 g/mol. The van der Waals surface area contributed by atoms with Crippen LogP contribution in [0.3, 0.4) is 0 Å². The molecule has 2 N–H and O–H groups in total. The molecule has 0 fully saturated rings. The van der Waals surface area contributed by atoms with E-state index in [1.807, 2.05) is 12.1 Å². The summed E-state index contributed by atoms with van der Waals surface area (Å²) in [5.74, 6) is 0.519. The van der Waals surface area contributed by atoms with Crippen LogP contribution in [0.15, 0.2) is 59.1 Å². The van der Waals surface area contributed by atoms with Crippen LogP contribution < -0.4 is 5.73 Å². The fourth-order valence-corrected chi connectivity index (χ4v) is 1.82. The van der Waals surface area contributed by atoms with Crippen LogP contribution in [-0.4, -0.2) is 4.98 Å². The van der Waals surface area contributed by atoms with Crippen LogP contribution in [0.5, 0.6) is 0 Å². The molecule has 0 radical (unpaired) electrons. The van der Waals surface area contributed by atoms with E-state index in [0.29, 0.717) is 22.9 Å². The van der Waals surface area contributed by atoms with E-state index in [2.05, 4.69) is 4.98 Å². The van der Waals surface area contributed by atoms with Crippen LogP contribution in [0.2, 0.25) is 0 Å². The van der Waals surface area contributed by atoms with Gasteiger partial charge in [0.05, 0.1) is 11.8 Å². The third kappa shape index (κ3) is 2.20. The van der Waals surface area contributed by atoms with Crippen molar-refractivity contribution in [2.45, 2.75) is 0 Å². The highest BCUT2D eigenvalue weighted by Crippen LogP contribution is 2.27. The first kappa shape index (κ1) is 11.5. The van der Waals surface area contributed by atoms with Gasteiger partial charge in [-0.1, -0.05) is 12.1 Å². The van der Waals surface area contributed by atoms with E-state index in [-0.39, 0.29) is 5.82 Å². The highest BCUT2D eigenvalue weighted by Gasteiger charge is 2.11. The number of hydrogen-bond donors (Lipinski definition) is 1. The summed E-state index contributed by atoms with van der Waals surface area (Å²) in [6.45, 7) is 0. The van der Waals surface area contributed by atoms with Crippen molar-refractivity contribution in [2.75, 3.05) is 5.73 Å². The van der Waals surface area contributed by atoms with E-state index < -0.39 is 0 Å². The van der Waals surface area contributed by atoms with Crippen molar-refractivity contribution in [3.63, 3.8) is 0 Å². The minimum absolute atomic E-state index is 0.331. The lowest BCUT2D eigenvalue weighted by Crippen LogP contribution is -1.83. The Balaban J connectivity index is 2.00. The summed E-state index contributed by atoms with van der Waals surface area (Å²) in [4.78, 5) is 4.16. The lowest BCUT2D eigenvalue weighted by atomic mass is 10.2. The van der Waals surface area contributed by atoms with E-state index in [4.69, 9.17) is 10.2 Å². The summed E-state index contributed by atoms with van der Waals surface area (Å²) in [5.41, 5.74) is 7.49. The second-order valence-electron chi connectivity index (χ2n) is 4.13. The van der Waals surface area contributed by atoms with E-state index in [0.717, 1.165) is 5.56 Å². The zero-order chi connectivity index (χ0) is 13.2. The van der Waals surface area contributed by atoms with Crippen LogP contribution in [-0.2, 0) is 0 Å². The lowest BCUT2D eigenvalue weighted by Gasteiger charge is -1.98. The van der Waals surface area contributed by atoms with E-state index in [1.54, 1.807) is 30.3 Å². The second-order valence-corrected chi connectivity index (χ2v) is 4.13. The fourth-order valence-electron chi connectivity index (χ4n) is 1.82. The van der Waals surface area contributed by atoms with E-state index >= 15 is 0 Å². The number of halogens is 1. The number of nitrogen functional groups attached to an aromatic ring is 1. The van der Waals surface area contributed by atoms with Crippen LogP contribution >= 0.6 is 0 Å². The summed E-state index contributed by atoms with van der Waals surface area (Å²) >= 11 is 0. The Labute approximate surface area is 109 Å². The molecule has 0 amide bonds. The summed E-state index contributed by atoms with van der Waals surface area (Å²) in [5, 5.41) is 0. The predicted octanol–water partition coefficient (Wildman–Crippen LogP) is 3.73. The van der Waals surface area contributed by atoms with Crippen LogP contribution in [0, 0.1) is 5.82 Å². The molecule has 3 rings (SSSR count). The standard InChI is InChI=1S/C15H11FN2O/c16-13-4-2-1-3-12(13)14-9-18-15(19-14)10-5-7-11(17)8-6-10/h1-9H,17H2. The van der Waals surface area contributed by atoms with Gasteiger partial charge in [0.25, 0.3) is 0 Å². The van der Waals surface area contributed by atoms with Crippen LogP contribution in [0.4, 0.5) is 10.1 Å². The minimum Gasteiger partial charge on any atom is -0.436 e. The molecule has 0 saturated heterocycles. The van der Waals surface area contributed by atoms with Crippen LogP contribution in [0.1, 0.15) is 0 Å². The number of nitrogens with two attached hydrogens (primary N) is 1. The lowest BCUT2D eigenvalue weighted by molar-refractivity contribution is 0.575. The molecule has 0 spiro atoms. The molecule has 3 nitrogen and oxygen atoms in total. The number of aromatic nitrogens is 1. The van der Waals surface area contributed by atoms with Gasteiger partial charge in [0, 0.05) is 11.3 Å². The van der Waals surface area contributed by atoms with Crippen molar-refractivity contribution < 1.29 is 8.81 Å². The zero-order valence-corrected chi connectivity index (χ0v) is 10.0. The molecule has 0 atom stereocenters. The third-order valence-electron chi connectivity index (χ3n) is 2.80. The first-order chi connectivity index (χ1) is 9.24. The van der Waals surface area contributed by atoms with Gasteiger partial charge in [-0.2, -0.15) is 0 Å². The summed E-state index contributed by atoms with van der Waals surface area (Å²) in [7, 11) is 0. The van der Waals surface area contributed by atoms with Crippen molar-refractivity contribution in [1.82, 2.24) is 4.98 Å². The van der Waals surface area contributed by atoms with Gasteiger partial charge >= 0.3 is 0 Å². The molecule has 0 unspecified atom stereocenters. The molecule has 1 aromatic heterocycles. The first-order valence-corrected chi connectivity index (χ1v) is 5.81. The molecule has 0 saturated carbocycles. The maximum Gasteiger partial charge on any atom is 0.226 e. The average molecular weight is 254 g/mol. The average Bonchev–Trinajstić information content (AvgIpc) is 2.89.